The summed E-state index contributed by atoms with van der Waals surface area (Å²) in [4.78, 5) is 4.82. The molecule has 260 valence electrons. The van der Waals surface area contributed by atoms with Crippen molar-refractivity contribution in [1.29, 1.82) is 0 Å². The maximum Gasteiger partial charge on any atom is 0.268 e. The fraction of sp³-hybridized carbons (Fsp3) is 0.0870. The van der Waals surface area contributed by atoms with Gasteiger partial charge in [-0.1, -0.05) is 93.0 Å². The van der Waals surface area contributed by atoms with Gasteiger partial charge >= 0.3 is 0 Å². The molecule has 7 heteroatoms. The molecular weight excluding hydrogens is 836 g/mol. The largest absolute Gasteiger partial charge is 0.510 e. The van der Waals surface area contributed by atoms with E-state index in [-0.39, 0.29) is 26.5 Å². The second kappa shape index (κ2) is 12.6. The molecule has 0 fully saturated rings. The third-order valence-electron chi connectivity index (χ3n) is 9.79. The van der Waals surface area contributed by atoms with Gasteiger partial charge < -0.3 is 18.3 Å². The number of rotatable bonds is 5. The standard InChI is InChI=1S/C46H32N4O2.Pt/c1-46(2,3)30-24-25-47-43(26-30)50-39-18-9-7-16-35(39)36-21-20-34(28-41(36)50)51-33-15-11-14-32(27-33)48-29-49(31-12-5-4-6-13-31)44-40(48)23-22-38-37-17-8-10-19-42(37)52-45(38)44;/h4-26H,1-3H3;/q-2;. The number of imidazole rings is 1. The number of hydrogen-bond acceptors (Lipinski definition) is 3. The molecule has 0 aliphatic rings. The van der Waals surface area contributed by atoms with E-state index in [0.717, 1.165) is 72.0 Å². The summed E-state index contributed by atoms with van der Waals surface area (Å²) in [5.41, 5.74) is 8.45. The number of hydrogen-bond donors (Lipinski definition) is 0. The summed E-state index contributed by atoms with van der Waals surface area (Å²) in [6.45, 7) is 6.65. The third-order valence-corrected chi connectivity index (χ3v) is 9.79. The van der Waals surface area contributed by atoms with E-state index >= 15 is 0 Å². The summed E-state index contributed by atoms with van der Waals surface area (Å²) in [5, 5.41) is 4.36. The Morgan fingerprint density at radius 3 is 2.28 bits per heavy atom. The van der Waals surface area contributed by atoms with Crippen molar-refractivity contribution in [3.8, 4) is 28.7 Å². The van der Waals surface area contributed by atoms with Gasteiger partial charge in [-0.15, -0.1) is 29.7 Å². The zero-order chi connectivity index (χ0) is 35.0. The maximum absolute atomic E-state index is 6.53. The molecule has 0 bridgehead atoms. The van der Waals surface area contributed by atoms with Crippen LogP contribution in [0.3, 0.4) is 0 Å². The fourth-order valence-corrected chi connectivity index (χ4v) is 7.24. The molecule has 0 radical (unpaired) electrons. The van der Waals surface area contributed by atoms with Crippen molar-refractivity contribution in [3.63, 3.8) is 0 Å². The maximum atomic E-state index is 6.53. The predicted molar refractivity (Wildman–Crippen MR) is 206 cm³/mol. The second-order valence-electron chi connectivity index (χ2n) is 14.1. The Morgan fingerprint density at radius 1 is 0.679 bits per heavy atom. The van der Waals surface area contributed by atoms with Crippen LogP contribution >= 0.6 is 0 Å². The van der Waals surface area contributed by atoms with Crippen molar-refractivity contribution in [2.45, 2.75) is 26.2 Å². The molecule has 10 aromatic rings. The first kappa shape index (κ1) is 32.9. The topological polar surface area (TPSA) is 49.0 Å². The van der Waals surface area contributed by atoms with Crippen LogP contribution < -0.4 is 9.30 Å². The van der Waals surface area contributed by atoms with Crippen LogP contribution in [0.25, 0.3) is 72.0 Å². The van der Waals surface area contributed by atoms with Crippen LogP contribution in [0, 0.1) is 18.5 Å². The molecule has 0 atom stereocenters. The smallest absolute Gasteiger partial charge is 0.268 e. The van der Waals surface area contributed by atoms with Crippen molar-refractivity contribution >= 4 is 54.8 Å². The molecule has 10 rings (SSSR count). The Labute approximate surface area is 320 Å². The van der Waals surface area contributed by atoms with Crippen LogP contribution in [0.2, 0.25) is 0 Å². The number of aromatic nitrogens is 4. The number of furan rings is 1. The number of benzene rings is 6. The Morgan fingerprint density at radius 2 is 1.43 bits per heavy atom. The van der Waals surface area contributed by atoms with Crippen LogP contribution in [0.5, 0.6) is 11.5 Å². The molecule has 0 saturated heterocycles. The number of pyridine rings is 1. The molecule has 4 heterocycles. The van der Waals surface area contributed by atoms with Crippen molar-refractivity contribution in [2.24, 2.45) is 0 Å². The van der Waals surface area contributed by atoms with E-state index in [2.05, 4.69) is 121 Å². The van der Waals surface area contributed by atoms with E-state index in [4.69, 9.17) is 14.1 Å². The third kappa shape index (κ3) is 5.44. The molecule has 0 aliphatic carbocycles. The number of nitrogens with zero attached hydrogens (tertiary/aromatic N) is 4. The molecular formula is C46H32N4O2Pt-2. The van der Waals surface area contributed by atoms with E-state index in [1.54, 1.807) is 0 Å². The van der Waals surface area contributed by atoms with E-state index in [1.807, 2.05) is 71.4 Å². The summed E-state index contributed by atoms with van der Waals surface area (Å²) in [5.74, 6) is 2.00. The van der Waals surface area contributed by atoms with E-state index in [1.165, 1.54) is 5.56 Å². The van der Waals surface area contributed by atoms with Crippen LogP contribution in [0.4, 0.5) is 0 Å². The molecule has 0 spiro atoms. The van der Waals surface area contributed by atoms with Crippen LogP contribution in [0.1, 0.15) is 26.3 Å². The van der Waals surface area contributed by atoms with Crippen LogP contribution in [0.15, 0.2) is 144 Å². The van der Waals surface area contributed by atoms with Crippen molar-refractivity contribution in [2.75, 3.05) is 0 Å². The molecule has 0 amide bonds. The minimum atomic E-state index is -0.0177. The molecule has 53 heavy (non-hydrogen) atoms. The molecule has 6 aromatic carbocycles. The zero-order valence-corrected chi connectivity index (χ0v) is 31.5. The molecule has 4 aromatic heterocycles. The second-order valence-corrected chi connectivity index (χ2v) is 14.1. The summed E-state index contributed by atoms with van der Waals surface area (Å²) in [6.07, 6.45) is 5.49. The zero-order valence-electron chi connectivity index (χ0n) is 29.2. The van der Waals surface area contributed by atoms with Crippen LogP contribution in [-0.2, 0) is 26.5 Å². The van der Waals surface area contributed by atoms with Crippen molar-refractivity contribution < 1.29 is 34.8 Å². The van der Waals surface area contributed by atoms with Gasteiger partial charge in [0.25, 0.3) is 6.33 Å². The van der Waals surface area contributed by atoms with E-state index < -0.39 is 0 Å². The van der Waals surface area contributed by atoms with Crippen molar-refractivity contribution in [1.82, 2.24) is 14.1 Å². The number of fused-ring (bicyclic) bond motifs is 8. The predicted octanol–water partition coefficient (Wildman–Crippen LogP) is 10.8. The minimum Gasteiger partial charge on any atom is -0.510 e. The van der Waals surface area contributed by atoms with Gasteiger partial charge in [-0.25, -0.2) is 4.98 Å². The Kier molecular flexibility index (Phi) is 7.83. The van der Waals surface area contributed by atoms with Gasteiger partial charge in [-0.3, -0.25) is 4.57 Å². The SMILES string of the molecule is CC(C)(C)c1ccnc(-n2c3[c-]c(Oc4[c-]c(-n5[c-][n+](-c6ccccc6)c6c7oc8ccccc8c7ccc65)ccc4)ccc3c3ccccc32)c1.[Pt]. The van der Waals surface area contributed by atoms with Gasteiger partial charge in [-0.05, 0) is 58.5 Å². The first-order valence-electron chi connectivity index (χ1n) is 17.4. The Hall–Kier alpha value is -5.97. The average molecular weight is 868 g/mol. The fourth-order valence-electron chi connectivity index (χ4n) is 7.24. The monoisotopic (exact) mass is 867 g/mol. The van der Waals surface area contributed by atoms with Crippen molar-refractivity contribution in [3.05, 3.63) is 164 Å². The number of ether oxygens (including phenoxy) is 1. The summed E-state index contributed by atoms with van der Waals surface area (Å²) < 4.78 is 19.3. The van der Waals surface area contributed by atoms with Gasteiger partial charge in [-0.2, -0.15) is 18.2 Å². The van der Waals surface area contributed by atoms with Gasteiger partial charge in [0.05, 0.1) is 11.2 Å². The van der Waals surface area contributed by atoms with Gasteiger partial charge in [0.1, 0.15) is 22.5 Å². The quantitative estimate of drug-likeness (QED) is 0.128. The molecule has 0 N–H and O–H groups in total. The molecule has 6 nitrogen and oxygen atoms in total. The van der Waals surface area contributed by atoms with E-state index in [9.17, 15) is 0 Å². The number of para-hydroxylation sites is 3. The minimum absolute atomic E-state index is 0. The Bertz CT molecular complexity index is 2990. The van der Waals surface area contributed by atoms with E-state index in [0.29, 0.717) is 11.5 Å². The average Bonchev–Trinajstić information content (AvgIpc) is 3.85. The normalized spacial score (nSPS) is 11.9. The first-order chi connectivity index (χ1) is 25.4. The molecule has 0 unspecified atom stereocenters. The summed E-state index contributed by atoms with van der Waals surface area (Å²) in [7, 11) is 0. The summed E-state index contributed by atoms with van der Waals surface area (Å²) >= 11 is 0. The van der Waals surface area contributed by atoms with Gasteiger partial charge in [0.15, 0.2) is 0 Å². The molecule has 0 aliphatic heterocycles. The Balaban J connectivity index is 0.00000372. The van der Waals surface area contributed by atoms with Crippen LogP contribution in [-0.4, -0.2) is 14.1 Å². The molecule has 0 saturated carbocycles. The summed E-state index contributed by atoms with van der Waals surface area (Å²) in [6, 6.07) is 52.4. The first-order valence-corrected chi connectivity index (χ1v) is 17.4. The van der Waals surface area contributed by atoms with Gasteiger partial charge in [0, 0.05) is 55.1 Å². The van der Waals surface area contributed by atoms with Gasteiger partial charge in [0.2, 0.25) is 0 Å².